The molecule has 0 saturated carbocycles. The van der Waals surface area contributed by atoms with Crippen molar-refractivity contribution in [3.8, 4) is 0 Å². The zero-order valence-electron chi connectivity index (χ0n) is 10.3. The summed E-state index contributed by atoms with van der Waals surface area (Å²) < 4.78 is 25.2. The maximum Gasteiger partial charge on any atom is 0.328 e. The lowest BCUT2D eigenvalue weighted by atomic mass is 10.1. The Bertz CT molecular complexity index is 633. The second kappa shape index (κ2) is 4.88. The number of aliphatic hydroxyl groups is 1. The van der Waals surface area contributed by atoms with Crippen LogP contribution in [0.3, 0.4) is 0 Å². The van der Waals surface area contributed by atoms with E-state index in [0.717, 1.165) is 4.57 Å². The molecule has 0 aromatic carbocycles. The van der Waals surface area contributed by atoms with Gasteiger partial charge in [-0.3, -0.25) is 9.78 Å². The fraction of sp³-hybridized carbons (Fsp3) is 0.455. The van der Waals surface area contributed by atoms with E-state index >= 15 is 0 Å². The quantitative estimate of drug-likeness (QED) is 0.761. The van der Waals surface area contributed by atoms with Gasteiger partial charge in [-0.1, -0.05) is 0 Å². The topological polar surface area (TPSA) is 93.5 Å². The highest BCUT2D eigenvalue weighted by Crippen LogP contribution is 2.37. The van der Waals surface area contributed by atoms with Gasteiger partial charge < -0.3 is 19.1 Å². The highest BCUT2D eigenvalue weighted by atomic mass is 19.1. The molecule has 8 heteroatoms. The molecule has 1 aromatic heterocycles. The number of hydrogen-bond donors (Lipinski definition) is 2. The molecule has 0 fully saturated rings. The van der Waals surface area contributed by atoms with E-state index < -0.39 is 30.1 Å². The summed E-state index contributed by atoms with van der Waals surface area (Å²) in [5, 5.41) is 9.05. The molecule has 1 unspecified atom stereocenters. The lowest BCUT2D eigenvalue weighted by molar-refractivity contribution is 0.0704. The van der Waals surface area contributed by atoms with Crippen molar-refractivity contribution in [2.45, 2.75) is 12.3 Å². The van der Waals surface area contributed by atoms with Gasteiger partial charge in [-0.25, -0.2) is 9.18 Å². The molecule has 2 atom stereocenters. The number of nitrogens with one attached hydrogen (secondary N) is 1. The number of alkyl halides is 1. The first-order valence-corrected chi connectivity index (χ1v) is 5.48. The smallest absolute Gasteiger partial charge is 0.328 e. The van der Waals surface area contributed by atoms with Crippen LogP contribution in [0.4, 0.5) is 4.39 Å². The number of H-pyrrole nitrogens is 1. The molecule has 1 aromatic rings. The molecule has 104 valence electrons. The summed E-state index contributed by atoms with van der Waals surface area (Å²) in [6, 6.07) is 0. The van der Waals surface area contributed by atoms with Crippen molar-refractivity contribution in [3.05, 3.63) is 44.1 Å². The van der Waals surface area contributed by atoms with Crippen LogP contribution in [0.5, 0.6) is 0 Å². The number of halogens is 1. The van der Waals surface area contributed by atoms with Crippen LogP contribution in [0, 0.1) is 0 Å². The summed E-state index contributed by atoms with van der Waals surface area (Å²) in [5.74, 6) is -0.214. The van der Waals surface area contributed by atoms with Crippen molar-refractivity contribution in [3.63, 3.8) is 0 Å². The number of aromatic nitrogens is 2. The standard InChI is InChI=1S/C11H13FN2O5/c1-14-3-5(10(16)13-11(14)17)8-7(12)9(18-2)6(4-15)19-8/h3,7-8,15H,4H2,1-2H3,(H,13,16,17)/t7?,8-/m0/s1. The molecule has 2 N–H and O–H groups in total. The van der Waals surface area contributed by atoms with Crippen molar-refractivity contribution in [2.75, 3.05) is 13.7 Å². The molecule has 0 bridgehead atoms. The number of methoxy groups -OCH3 is 1. The number of aromatic amines is 1. The van der Waals surface area contributed by atoms with E-state index in [1.54, 1.807) is 0 Å². The maximum atomic E-state index is 14.1. The Morgan fingerprint density at radius 2 is 2.26 bits per heavy atom. The number of ether oxygens (including phenoxy) is 2. The van der Waals surface area contributed by atoms with E-state index in [-0.39, 0.29) is 17.1 Å². The van der Waals surface area contributed by atoms with Gasteiger partial charge in [0, 0.05) is 13.2 Å². The first-order chi connectivity index (χ1) is 8.99. The molecular formula is C11H13FN2O5. The highest BCUT2D eigenvalue weighted by molar-refractivity contribution is 5.23. The zero-order chi connectivity index (χ0) is 14.2. The van der Waals surface area contributed by atoms with E-state index in [4.69, 9.17) is 14.6 Å². The maximum absolute atomic E-state index is 14.1. The molecule has 0 spiro atoms. The predicted molar refractivity (Wildman–Crippen MR) is 62.1 cm³/mol. The first-order valence-electron chi connectivity index (χ1n) is 5.48. The molecule has 0 saturated heterocycles. The minimum absolute atomic E-state index is 0.0485. The van der Waals surface area contributed by atoms with Crippen LogP contribution in [-0.2, 0) is 16.5 Å². The Morgan fingerprint density at radius 1 is 1.58 bits per heavy atom. The van der Waals surface area contributed by atoms with E-state index in [9.17, 15) is 14.0 Å². The van der Waals surface area contributed by atoms with Gasteiger partial charge in [0.2, 0.25) is 6.17 Å². The Hall–Kier alpha value is -2.09. The average Bonchev–Trinajstić information content (AvgIpc) is 2.70. The molecule has 0 aliphatic carbocycles. The number of aliphatic hydroxyl groups excluding tert-OH is 1. The van der Waals surface area contributed by atoms with E-state index in [1.165, 1.54) is 20.4 Å². The largest absolute Gasteiger partial charge is 0.494 e. The van der Waals surface area contributed by atoms with Gasteiger partial charge in [0.1, 0.15) is 6.61 Å². The molecule has 0 amide bonds. The third-order valence-electron chi connectivity index (χ3n) is 2.87. The number of aryl methyl sites for hydroxylation is 1. The van der Waals surface area contributed by atoms with Gasteiger partial charge in [-0.2, -0.15) is 0 Å². The normalized spacial score (nSPS) is 22.5. The van der Waals surface area contributed by atoms with Crippen molar-refractivity contribution >= 4 is 0 Å². The summed E-state index contributed by atoms with van der Waals surface area (Å²) in [6.45, 7) is -0.538. The van der Waals surface area contributed by atoms with Crippen LogP contribution in [0.2, 0.25) is 0 Å². The summed E-state index contributed by atoms with van der Waals surface area (Å²) in [5.41, 5.74) is -1.39. The van der Waals surface area contributed by atoms with Crippen LogP contribution in [0.15, 0.2) is 27.3 Å². The first kappa shape index (κ1) is 13.3. The lowest BCUT2D eigenvalue weighted by Gasteiger charge is -2.14. The predicted octanol–water partition coefficient (Wildman–Crippen LogP) is -0.667. The minimum Gasteiger partial charge on any atom is -0.494 e. The van der Waals surface area contributed by atoms with Crippen molar-refractivity contribution in [1.29, 1.82) is 0 Å². The van der Waals surface area contributed by atoms with Crippen molar-refractivity contribution in [2.24, 2.45) is 7.05 Å². The van der Waals surface area contributed by atoms with Crippen LogP contribution in [-0.4, -0.2) is 34.5 Å². The van der Waals surface area contributed by atoms with Gasteiger partial charge in [0.15, 0.2) is 17.6 Å². The molecule has 0 radical (unpaired) electrons. The molecule has 1 aliphatic heterocycles. The fourth-order valence-electron chi connectivity index (χ4n) is 1.91. The molecule has 2 heterocycles. The minimum atomic E-state index is -1.72. The monoisotopic (exact) mass is 272 g/mol. The van der Waals surface area contributed by atoms with E-state index in [1.807, 2.05) is 0 Å². The Labute approximate surface area is 106 Å². The van der Waals surface area contributed by atoms with Crippen LogP contribution >= 0.6 is 0 Å². The third-order valence-corrected chi connectivity index (χ3v) is 2.87. The van der Waals surface area contributed by atoms with Gasteiger partial charge in [0.25, 0.3) is 5.56 Å². The zero-order valence-corrected chi connectivity index (χ0v) is 10.3. The Morgan fingerprint density at radius 3 is 2.79 bits per heavy atom. The van der Waals surface area contributed by atoms with Gasteiger partial charge >= 0.3 is 5.69 Å². The number of rotatable bonds is 3. The summed E-state index contributed by atoms with van der Waals surface area (Å²) in [7, 11) is 2.66. The van der Waals surface area contributed by atoms with Crippen LogP contribution in [0.25, 0.3) is 0 Å². The second-order valence-electron chi connectivity index (χ2n) is 4.04. The van der Waals surface area contributed by atoms with Gasteiger partial charge in [0.05, 0.1) is 12.7 Å². The Kier molecular flexibility index (Phi) is 3.43. The van der Waals surface area contributed by atoms with E-state index in [0.29, 0.717) is 0 Å². The van der Waals surface area contributed by atoms with E-state index in [2.05, 4.69) is 4.98 Å². The van der Waals surface area contributed by atoms with Crippen LogP contribution in [0.1, 0.15) is 11.7 Å². The van der Waals surface area contributed by atoms with Crippen LogP contribution < -0.4 is 11.2 Å². The second-order valence-corrected chi connectivity index (χ2v) is 4.04. The highest BCUT2D eigenvalue weighted by Gasteiger charge is 2.40. The molecular weight excluding hydrogens is 259 g/mol. The SMILES string of the molecule is COC1=C(CO)O[C@@H](c2cn(C)c(=O)[nH]c2=O)C1F. The molecule has 7 nitrogen and oxygen atoms in total. The van der Waals surface area contributed by atoms with Gasteiger partial charge in [-0.15, -0.1) is 0 Å². The summed E-state index contributed by atoms with van der Waals surface area (Å²) in [6.07, 6.45) is -1.76. The molecule has 19 heavy (non-hydrogen) atoms. The molecule has 1 aliphatic rings. The third kappa shape index (κ3) is 2.14. The Balaban J connectivity index is 2.44. The average molecular weight is 272 g/mol. The summed E-state index contributed by atoms with van der Waals surface area (Å²) >= 11 is 0. The number of nitrogens with zero attached hydrogens (tertiary/aromatic N) is 1. The van der Waals surface area contributed by atoms with Crippen molar-refractivity contribution in [1.82, 2.24) is 9.55 Å². The molecule has 2 rings (SSSR count). The fourth-order valence-corrected chi connectivity index (χ4v) is 1.91. The lowest BCUT2D eigenvalue weighted by Crippen LogP contribution is -2.32. The number of hydrogen-bond acceptors (Lipinski definition) is 5. The van der Waals surface area contributed by atoms with Crippen molar-refractivity contribution < 1.29 is 19.0 Å². The van der Waals surface area contributed by atoms with Gasteiger partial charge in [-0.05, 0) is 0 Å². The summed E-state index contributed by atoms with van der Waals surface area (Å²) in [4.78, 5) is 25.0.